The Labute approximate surface area is 132 Å². The first-order chi connectivity index (χ1) is 10.6. The second-order valence-electron chi connectivity index (χ2n) is 5.79. The van der Waals surface area contributed by atoms with E-state index in [1.54, 1.807) is 0 Å². The van der Waals surface area contributed by atoms with Crippen molar-refractivity contribution in [2.75, 3.05) is 13.1 Å². The number of alkyl halides is 3. The van der Waals surface area contributed by atoms with Crippen molar-refractivity contribution in [1.82, 2.24) is 4.90 Å². The van der Waals surface area contributed by atoms with Crippen molar-refractivity contribution in [3.05, 3.63) is 35.4 Å². The lowest BCUT2D eigenvalue weighted by atomic mass is 10.1. The minimum Gasteiger partial charge on any atom is -0.480 e. The highest BCUT2D eigenvalue weighted by atomic mass is 19.4. The molecule has 0 aliphatic heterocycles. The molecule has 0 aliphatic rings. The van der Waals surface area contributed by atoms with E-state index in [4.69, 9.17) is 5.11 Å². The summed E-state index contributed by atoms with van der Waals surface area (Å²) in [5.74, 6) is -1.45. The number of carboxylic acids is 1. The first kappa shape index (κ1) is 19.0. The maximum absolute atomic E-state index is 12.3. The van der Waals surface area contributed by atoms with Gasteiger partial charge in [0.25, 0.3) is 5.91 Å². The number of hydrogen-bond donors (Lipinski definition) is 1. The zero-order valence-corrected chi connectivity index (χ0v) is 13.1. The van der Waals surface area contributed by atoms with Crippen molar-refractivity contribution in [3.63, 3.8) is 0 Å². The van der Waals surface area contributed by atoms with Gasteiger partial charge < -0.3 is 10.0 Å². The van der Waals surface area contributed by atoms with E-state index in [0.717, 1.165) is 0 Å². The van der Waals surface area contributed by atoms with Crippen molar-refractivity contribution >= 4 is 11.9 Å². The van der Waals surface area contributed by atoms with Crippen molar-refractivity contribution in [3.8, 4) is 0 Å². The third-order valence-corrected chi connectivity index (χ3v) is 3.10. The molecular formula is C16H20F3NO3. The highest BCUT2D eigenvalue weighted by Gasteiger charge is 2.26. The molecule has 0 fully saturated rings. The third kappa shape index (κ3) is 7.17. The topological polar surface area (TPSA) is 57.6 Å². The van der Waals surface area contributed by atoms with Crippen LogP contribution < -0.4 is 0 Å². The lowest BCUT2D eigenvalue weighted by Crippen LogP contribution is -2.38. The smallest absolute Gasteiger partial charge is 0.389 e. The van der Waals surface area contributed by atoms with Gasteiger partial charge in [0.15, 0.2) is 0 Å². The van der Waals surface area contributed by atoms with E-state index in [-0.39, 0.29) is 17.9 Å². The zero-order chi connectivity index (χ0) is 17.6. The first-order valence-corrected chi connectivity index (χ1v) is 7.25. The Hall–Kier alpha value is -2.05. The molecule has 1 aromatic carbocycles. The average molecular weight is 331 g/mol. The van der Waals surface area contributed by atoms with Crippen molar-refractivity contribution in [1.29, 1.82) is 0 Å². The Morgan fingerprint density at radius 1 is 1.17 bits per heavy atom. The van der Waals surface area contributed by atoms with Crippen molar-refractivity contribution in [2.24, 2.45) is 5.92 Å². The van der Waals surface area contributed by atoms with Crippen LogP contribution >= 0.6 is 0 Å². The van der Waals surface area contributed by atoms with Gasteiger partial charge in [-0.3, -0.25) is 9.59 Å². The van der Waals surface area contributed by atoms with E-state index < -0.39 is 31.0 Å². The standard InChI is InChI=1S/C16H20F3NO3/c1-11(2)9-20(10-14(21)22)15(23)13-5-3-12(4-6-13)7-8-16(17,18)19/h3-6,11H,7-10H2,1-2H3,(H,21,22). The molecule has 0 saturated heterocycles. The van der Waals surface area contributed by atoms with E-state index in [1.807, 2.05) is 13.8 Å². The van der Waals surface area contributed by atoms with Crippen LogP contribution in [0.5, 0.6) is 0 Å². The van der Waals surface area contributed by atoms with Crippen LogP contribution in [0.2, 0.25) is 0 Å². The molecule has 7 heteroatoms. The van der Waals surface area contributed by atoms with Crippen LogP contribution in [0, 0.1) is 5.92 Å². The summed E-state index contributed by atoms with van der Waals surface area (Å²) in [7, 11) is 0. The lowest BCUT2D eigenvalue weighted by Gasteiger charge is -2.22. The maximum Gasteiger partial charge on any atom is 0.389 e. The number of rotatable bonds is 7. The number of halogens is 3. The Kier molecular flexibility index (Phi) is 6.60. The number of aliphatic carboxylic acids is 1. The van der Waals surface area contributed by atoms with Crippen molar-refractivity contribution < 1.29 is 27.9 Å². The molecule has 0 aliphatic carbocycles. The number of benzene rings is 1. The van der Waals surface area contributed by atoms with Crippen LogP contribution in [0.25, 0.3) is 0 Å². The largest absolute Gasteiger partial charge is 0.480 e. The molecule has 0 atom stereocenters. The minimum absolute atomic E-state index is 0.101. The Morgan fingerprint density at radius 3 is 2.17 bits per heavy atom. The van der Waals surface area contributed by atoms with Crippen LogP contribution in [-0.4, -0.2) is 41.1 Å². The molecule has 1 amide bonds. The zero-order valence-electron chi connectivity index (χ0n) is 13.1. The summed E-state index contributed by atoms with van der Waals surface area (Å²) in [5, 5.41) is 8.88. The maximum atomic E-state index is 12.3. The quantitative estimate of drug-likeness (QED) is 0.833. The van der Waals surface area contributed by atoms with E-state index in [9.17, 15) is 22.8 Å². The molecule has 0 aromatic heterocycles. The van der Waals surface area contributed by atoms with Gasteiger partial charge in [-0.15, -0.1) is 0 Å². The second-order valence-corrected chi connectivity index (χ2v) is 5.79. The lowest BCUT2D eigenvalue weighted by molar-refractivity contribution is -0.138. The normalized spacial score (nSPS) is 11.6. The van der Waals surface area contributed by atoms with Gasteiger partial charge in [-0.2, -0.15) is 13.2 Å². The molecule has 1 N–H and O–H groups in total. The van der Waals surface area contributed by atoms with Gasteiger partial charge in [-0.1, -0.05) is 26.0 Å². The molecular weight excluding hydrogens is 311 g/mol. The molecule has 1 aromatic rings. The highest BCUT2D eigenvalue weighted by molar-refractivity contribution is 5.95. The van der Waals surface area contributed by atoms with Crippen LogP contribution in [0.4, 0.5) is 13.2 Å². The van der Waals surface area contributed by atoms with E-state index in [0.29, 0.717) is 12.1 Å². The molecule has 0 bridgehead atoms. The van der Waals surface area contributed by atoms with Gasteiger partial charge >= 0.3 is 12.1 Å². The molecule has 0 heterocycles. The van der Waals surface area contributed by atoms with Gasteiger partial charge in [-0.05, 0) is 30.0 Å². The van der Waals surface area contributed by atoms with Gasteiger partial charge in [0, 0.05) is 18.5 Å². The summed E-state index contributed by atoms with van der Waals surface area (Å²) in [6.45, 7) is 3.61. The minimum atomic E-state index is -4.22. The number of amides is 1. The molecule has 0 unspecified atom stereocenters. The van der Waals surface area contributed by atoms with E-state index in [1.165, 1.54) is 29.2 Å². The highest BCUT2D eigenvalue weighted by Crippen LogP contribution is 2.22. The van der Waals surface area contributed by atoms with Crippen molar-refractivity contribution in [2.45, 2.75) is 32.9 Å². The van der Waals surface area contributed by atoms with E-state index >= 15 is 0 Å². The number of carbonyl (C=O) groups is 2. The molecule has 1 rings (SSSR count). The predicted molar refractivity (Wildman–Crippen MR) is 79.2 cm³/mol. The van der Waals surface area contributed by atoms with Gasteiger partial charge in [0.1, 0.15) is 6.54 Å². The van der Waals surface area contributed by atoms with Gasteiger partial charge in [0.2, 0.25) is 0 Å². The van der Waals surface area contributed by atoms with Crippen LogP contribution in [0.1, 0.15) is 36.2 Å². The molecule has 0 spiro atoms. The van der Waals surface area contributed by atoms with Gasteiger partial charge in [-0.25, -0.2) is 0 Å². The summed E-state index contributed by atoms with van der Waals surface area (Å²) in [4.78, 5) is 24.4. The number of carbonyl (C=O) groups excluding carboxylic acids is 1. The second kappa shape index (κ2) is 7.99. The molecule has 4 nitrogen and oxygen atoms in total. The third-order valence-electron chi connectivity index (χ3n) is 3.10. The fourth-order valence-electron chi connectivity index (χ4n) is 2.11. The van der Waals surface area contributed by atoms with E-state index in [2.05, 4.69) is 0 Å². The first-order valence-electron chi connectivity index (χ1n) is 7.25. The molecule has 0 saturated carbocycles. The molecule has 0 radical (unpaired) electrons. The molecule has 128 valence electrons. The fourth-order valence-corrected chi connectivity index (χ4v) is 2.11. The fraction of sp³-hybridized carbons (Fsp3) is 0.500. The summed E-state index contributed by atoms with van der Waals surface area (Å²) >= 11 is 0. The average Bonchev–Trinajstić information content (AvgIpc) is 2.42. The summed E-state index contributed by atoms with van der Waals surface area (Å²) in [6, 6.07) is 5.80. The SMILES string of the molecule is CC(C)CN(CC(=O)O)C(=O)c1ccc(CCC(F)(F)F)cc1. The van der Waals surface area contributed by atoms with Crippen LogP contribution in [0.3, 0.4) is 0 Å². The van der Waals surface area contributed by atoms with Gasteiger partial charge in [0.05, 0.1) is 0 Å². The summed E-state index contributed by atoms with van der Waals surface area (Å²) < 4.78 is 36.5. The molecule has 23 heavy (non-hydrogen) atoms. The van der Waals surface area contributed by atoms with Crippen LogP contribution in [0.15, 0.2) is 24.3 Å². The Balaban J connectivity index is 2.79. The Bertz CT molecular complexity index is 538. The monoisotopic (exact) mass is 331 g/mol. The number of hydrogen-bond acceptors (Lipinski definition) is 2. The number of carboxylic acid groups (broad SMARTS) is 1. The Morgan fingerprint density at radius 2 is 1.74 bits per heavy atom. The predicted octanol–water partition coefficient (Wildman–Crippen LogP) is 3.36. The summed E-state index contributed by atoms with van der Waals surface area (Å²) in [5.41, 5.74) is 0.746. The number of nitrogens with zero attached hydrogens (tertiary/aromatic N) is 1. The number of aryl methyl sites for hydroxylation is 1. The summed E-state index contributed by atoms with van der Waals surface area (Å²) in [6.07, 6.45) is -5.29. The van der Waals surface area contributed by atoms with Crippen LogP contribution in [-0.2, 0) is 11.2 Å².